The van der Waals surface area contributed by atoms with Gasteiger partial charge in [0.05, 0.1) is 12.8 Å². The molecule has 164 valence electrons. The summed E-state index contributed by atoms with van der Waals surface area (Å²) < 4.78 is 11.3. The summed E-state index contributed by atoms with van der Waals surface area (Å²) >= 11 is 1.65. The fourth-order valence-corrected chi connectivity index (χ4v) is 4.09. The Hall–Kier alpha value is -4.19. The third-order valence-electron chi connectivity index (χ3n) is 4.62. The van der Waals surface area contributed by atoms with E-state index < -0.39 is 5.91 Å². The second-order valence-electron chi connectivity index (χ2n) is 6.79. The SMILES string of the molecule is C=C(NNC(=O)c1nnn(-c2nonc2N)c1-c1cccc(OC)c1)c1cc(C)sc1C. The van der Waals surface area contributed by atoms with Gasteiger partial charge in [-0.15, -0.1) is 16.4 Å². The Morgan fingerprint density at radius 1 is 1.25 bits per heavy atom. The van der Waals surface area contributed by atoms with E-state index in [1.807, 2.05) is 19.9 Å². The maximum absolute atomic E-state index is 13.0. The minimum absolute atomic E-state index is 0.000750. The Bertz CT molecular complexity index is 1310. The van der Waals surface area contributed by atoms with Crippen molar-refractivity contribution in [3.8, 4) is 22.8 Å². The number of nitrogen functional groups attached to an aromatic ring is 1. The van der Waals surface area contributed by atoms with Crippen molar-refractivity contribution in [1.82, 2.24) is 36.2 Å². The van der Waals surface area contributed by atoms with E-state index in [1.165, 1.54) is 4.68 Å². The van der Waals surface area contributed by atoms with Crippen LogP contribution in [0.5, 0.6) is 5.75 Å². The fourth-order valence-electron chi connectivity index (χ4n) is 3.14. The molecule has 0 aliphatic carbocycles. The van der Waals surface area contributed by atoms with E-state index >= 15 is 0 Å². The van der Waals surface area contributed by atoms with Crippen LogP contribution in [0.2, 0.25) is 0 Å². The van der Waals surface area contributed by atoms with Gasteiger partial charge >= 0.3 is 0 Å². The molecule has 32 heavy (non-hydrogen) atoms. The quantitative estimate of drug-likeness (QED) is 0.360. The van der Waals surface area contributed by atoms with Gasteiger partial charge in [-0.25, -0.2) is 4.63 Å². The number of nitrogens with zero attached hydrogens (tertiary/aromatic N) is 5. The number of methoxy groups -OCH3 is 1. The standard InChI is InChI=1S/C20H20N8O3S/c1-10-8-15(12(3)32-10)11(2)22-24-20(29)16-17(13-6-5-7-14(9-13)30-4)28(27-23-16)19-18(21)25-31-26-19/h5-9,22H,2H2,1,3-4H3,(H2,21,25)(H,24,29). The number of hydrogen-bond acceptors (Lipinski definition) is 10. The zero-order valence-electron chi connectivity index (χ0n) is 17.5. The second-order valence-corrected chi connectivity index (χ2v) is 8.25. The number of ether oxygens (including phenoxy) is 1. The van der Waals surface area contributed by atoms with Crippen LogP contribution in [0, 0.1) is 13.8 Å². The Morgan fingerprint density at radius 2 is 2.06 bits per heavy atom. The first-order valence-electron chi connectivity index (χ1n) is 9.40. The fraction of sp³-hybridized carbons (Fsp3) is 0.150. The third kappa shape index (κ3) is 3.90. The lowest BCUT2D eigenvalue weighted by Crippen LogP contribution is -2.36. The summed E-state index contributed by atoms with van der Waals surface area (Å²) in [6, 6.07) is 9.07. The van der Waals surface area contributed by atoms with Gasteiger partial charge in [-0.3, -0.25) is 15.6 Å². The van der Waals surface area contributed by atoms with Crippen molar-refractivity contribution in [3.05, 3.63) is 57.9 Å². The zero-order valence-corrected chi connectivity index (χ0v) is 18.4. The highest BCUT2D eigenvalue weighted by Gasteiger charge is 2.25. The van der Waals surface area contributed by atoms with Gasteiger partial charge in [0.2, 0.25) is 11.6 Å². The predicted octanol–water partition coefficient (Wildman–Crippen LogP) is 2.49. The van der Waals surface area contributed by atoms with Crippen LogP contribution < -0.4 is 21.3 Å². The van der Waals surface area contributed by atoms with Gasteiger partial charge in [0.1, 0.15) is 11.4 Å². The molecule has 3 heterocycles. The highest BCUT2D eigenvalue weighted by Crippen LogP contribution is 2.29. The number of thiophene rings is 1. The van der Waals surface area contributed by atoms with Gasteiger partial charge < -0.3 is 10.5 Å². The summed E-state index contributed by atoms with van der Waals surface area (Å²) in [6.07, 6.45) is 0. The van der Waals surface area contributed by atoms with Crippen molar-refractivity contribution in [1.29, 1.82) is 0 Å². The Balaban J connectivity index is 1.68. The van der Waals surface area contributed by atoms with E-state index in [4.69, 9.17) is 10.5 Å². The number of nitrogens with one attached hydrogen (secondary N) is 2. The molecule has 4 aromatic rings. The second kappa shape index (κ2) is 8.51. The topological polar surface area (TPSA) is 146 Å². The predicted molar refractivity (Wildman–Crippen MR) is 119 cm³/mol. The number of aryl methyl sites for hydroxylation is 2. The Kier molecular flexibility index (Phi) is 5.60. The first-order chi connectivity index (χ1) is 15.4. The van der Waals surface area contributed by atoms with E-state index in [9.17, 15) is 4.79 Å². The number of benzene rings is 1. The molecule has 11 nitrogen and oxygen atoms in total. The molecule has 0 bridgehead atoms. The highest BCUT2D eigenvalue weighted by molar-refractivity contribution is 7.12. The van der Waals surface area contributed by atoms with E-state index in [0.29, 0.717) is 22.7 Å². The van der Waals surface area contributed by atoms with E-state index in [1.54, 1.807) is 42.7 Å². The highest BCUT2D eigenvalue weighted by atomic mass is 32.1. The van der Waals surface area contributed by atoms with Crippen LogP contribution in [0.3, 0.4) is 0 Å². The molecule has 0 fully saturated rings. The van der Waals surface area contributed by atoms with Crippen molar-refractivity contribution in [3.63, 3.8) is 0 Å². The molecule has 0 unspecified atom stereocenters. The molecule has 0 aliphatic heterocycles. The van der Waals surface area contributed by atoms with E-state index in [0.717, 1.165) is 15.3 Å². The normalized spacial score (nSPS) is 10.7. The van der Waals surface area contributed by atoms with Crippen LogP contribution >= 0.6 is 11.3 Å². The van der Waals surface area contributed by atoms with Crippen molar-refractivity contribution in [2.75, 3.05) is 12.8 Å². The average Bonchev–Trinajstić information content (AvgIpc) is 3.49. The summed E-state index contributed by atoms with van der Waals surface area (Å²) in [5.74, 6) is 0.162. The number of hydrogen-bond donors (Lipinski definition) is 3. The molecule has 1 amide bonds. The largest absolute Gasteiger partial charge is 0.497 e. The van der Waals surface area contributed by atoms with Crippen LogP contribution in [-0.4, -0.2) is 38.3 Å². The van der Waals surface area contributed by atoms with Gasteiger partial charge in [0.25, 0.3) is 5.91 Å². The smallest absolute Gasteiger partial charge is 0.292 e. The lowest BCUT2D eigenvalue weighted by molar-refractivity contribution is 0.0938. The average molecular weight is 453 g/mol. The molecule has 0 saturated heterocycles. The first-order valence-corrected chi connectivity index (χ1v) is 10.2. The maximum Gasteiger partial charge on any atom is 0.292 e. The van der Waals surface area contributed by atoms with E-state index in [2.05, 4.69) is 42.7 Å². The minimum Gasteiger partial charge on any atom is -0.497 e. The number of carbonyl (C=O) groups excluding carboxylic acids is 1. The van der Waals surface area contributed by atoms with Crippen molar-refractivity contribution >= 4 is 28.8 Å². The summed E-state index contributed by atoms with van der Waals surface area (Å²) in [6.45, 7) is 8.00. The molecule has 3 aromatic heterocycles. The monoisotopic (exact) mass is 452 g/mol. The van der Waals surface area contributed by atoms with Crippen LogP contribution in [0.4, 0.5) is 5.82 Å². The molecule has 4 N–H and O–H groups in total. The lowest BCUT2D eigenvalue weighted by Gasteiger charge is -2.11. The molecule has 0 spiro atoms. The number of rotatable bonds is 7. The summed E-state index contributed by atoms with van der Waals surface area (Å²) in [7, 11) is 1.55. The molecular formula is C20H20N8O3S. The van der Waals surface area contributed by atoms with Crippen LogP contribution in [-0.2, 0) is 0 Å². The Morgan fingerprint density at radius 3 is 2.72 bits per heavy atom. The number of aromatic nitrogens is 5. The molecule has 1 aromatic carbocycles. The van der Waals surface area contributed by atoms with Gasteiger partial charge in [-0.1, -0.05) is 23.9 Å². The summed E-state index contributed by atoms with van der Waals surface area (Å²) in [4.78, 5) is 15.3. The number of amides is 1. The van der Waals surface area contributed by atoms with Gasteiger partial charge in [-0.05, 0) is 42.4 Å². The number of carbonyl (C=O) groups is 1. The van der Waals surface area contributed by atoms with Gasteiger partial charge in [0.15, 0.2) is 5.69 Å². The van der Waals surface area contributed by atoms with Crippen LogP contribution in [0.15, 0.2) is 41.5 Å². The first kappa shape index (κ1) is 21.1. The maximum atomic E-state index is 13.0. The number of anilines is 1. The molecular weight excluding hydrogens is 432 g/mol. The number of nitrogens with two attached hydrogens (primary N) is 1. The molecule has 12 heteroatoms. The zero-order chi connectivity index (χ0) is 22.8. The van der Waals surface area contributed by atoms with Crippen molar-refractivity contribution in [2.24, 2.45) is 0 Å². The van der Waals surface area contributed by atoms with Crippen molar-refractivity contribution in [2.45, 2.75) is 13.8 Å². The number of hydrazine groups is 1. The van der Waals surface area contributed by atoms with Crippen LogP contribution in [0.1, 0.15) is 25.8 Å². The molecule has 0 radical (unpaired) electrons. The third-order valence-corrected chi connectivity index (χ3v) is 5.58. The molecule has 0 aliphatic rings. The summed E-state index contributed by atoms with van der Waals surface area (Å²) in [5.41, 5.74) is 13.7. The Labute approximate surface area is 186 Å². The van der Waals surface area contributed by atoms with Gasteiger partial charge in [-0.2, -0.15) is 4.68 Å². The van der Waals surface area contributed by atoms with E-state index in [-0.39, 0.29) is 17.3 Å². The van der Waals surface area contributed by atoms with Gasteiger partial charge in [0, 0.05) is 20.9 Å². The van der Waals surface area contributed by atoms with Crippen molar-refractivity contribution < 1.29 is 14.2 Å². The molecule has 4 rings (SSSR count). The molecule has 0 saturated carbocycles. The minimum atomic E-state index is -0.533. The lowest BCUT2D eigenvalue weighted by atomic mass is 10.1. The van der Waals surface area contributed by atoms with Crippen LogP contribution in [0.25, 0.3) is 22.8 Å². The summed E-state index contributed by atoms with van der Waals surface area (Å²) in [5, 5.41) is 15.4. The molecule has 0 atom stereocenters.